The average Bonchev–Trinajstić information content (AvgIpc) is 3.20. The number of nitrogens with zero attached hydrogens (tertiary/aromatic N) is 6. The molecule has 144 valence electrons. The van der Waals surface area contributed by atoms with E-state index >= 15 is 0 Å². The molecule has 2 aromatic rings. The van der Waals surface area contributed by atoms with Crippen LogP contribution in [0.3, 0.4) is 0 Å². The molecule has 0 radical (unpaired) electrons. The third kappa shape index (κ3) is 3.82. The van der Waals surface area contributed by atoms with E-state index in [0.29, 0.717) is 6.04 Å². The minimum Gasteiger partial charge on any atom is -0.355 e. The highest BCUT2D eigenvalue weighted by atomic mass is 15.3. The van der Waals surface area contributed by atoms with Crippen LogP contribution in [-0.2, 0) is 0 Å². The zero-order valence-electron chi connectivity index (χ0n) is 16.7. The number of hydrogen-bond donors (Lipinski definition) is 0. The minimum absolute atomic E-state index is 0.639. The molecule has 2 fully saturated rings. The van der Waals surface area contributed by atoms with Crippen molar-refractivity contribution in [2.75, 3.05) is 50.7 Å². The Hall–Kier alpha value is -2.05. The minimum atomic E-state index is 0.639. The topological polar surface area (TPSA) is 48.4 Å². The van der Waals surface area contributed by atoms with E-state index in [1.165, 1.54) is 44.7 Å². The van der Waals surface area contributed by atoms with Crippen molar-refractivity contribution in [3.63, 3.8) is 0 Å². The van der Waals surface area contributed by atoms with Gasteiger partial charge in [0.25, 0.3) is 0 Å². The Labute approximate surface area is 162 Å². The first-order chi connectivity index (χ1) is 13.2. The van der Waals surface area contributed by atoms with E-state index in [0.717, 1.165) is 36.0 Å². The van der Waals surface area contributed by atoms with Crippen molar-refractivity contribution in [1.82, 2.24) is 24.8 Å². The van der Waals surface area contributed by atoms with Crippen molar-refractivity contribution in [3.05, 3.63) is 35.8 Å². The van der Waals surface area contributed by atoms with E-state index in [1.807, 2.05) is 18.3 Å². The number of pyridine rings is 1. The molecule has 1 unspecified atom stereocenters. The van der Waals surface area contributed by atoms with Crippen LogP contribution in [0, 0.1) is 13.8 Å². The number of hydrogen-bond acceptors (Lipinski definition) is 6. The second kappa shape index (κ2) is 7.90. The fourth-order valence-electron chi connectivity index (χ4n) is 4.22. The van der Waals surface area contributed by atoms with Crippen LogP contribution in [0.25, 0.3) is 11.4 Å². The van der Waals surface area contributed by atoms with Crippen molar-refractivity contribution < 1.29 is 0 Å². The van der Waals surface area contributed by atoms with Crippen molar-refractivity contribution in [2.45, 2.75) is 33.2 Å². The fourth-order valence-corrected chi connectivity index (χ4v) is 4.22. The van der Waals surface area contributed by atoms with Crippen LogP contribution in [0.2, 0.25) is 0 Å². The predicted molar refractivity (Wildman–Crippen MR) is 109 cm³/mol. The highest BCUT2D eigenvalue weighted by Gasteiger charge is 2.31. The molecule has 0 spiro atoms. The standard InChI is InChI=1S/C21H30N6/c1-4-25-10-12-26(13-11-25)19-7-9-27(15-19)21-16(2)17(3)23-20(24-21)18-6-5-8-22-14-18/h5-6,8,14,19H,4,7,9-13,15H2,1-3H3. The molecule has 0 saturated carbocycles. The van der Waals surface area contributed by atoms with Crippen LogP contribution in [-0.4, -0.2) is 76.6 Å². The van der Waals surface area contributed by atoms with Gasteiger partial charge in [0.1, 0.15) is 5.82 Å². The Balaban J connectivity index is 1.51. The fraction of sp³-hybridized carbons (Fsp3) is 0.571. The van der Waals surface area contributed by atoms with Gasteiger partial charge in [0.05, 0.1) is 0 Å². The number of piperazine rings is 1. The van der Waals surface area contributed by atoms with E-state index < -0.39 is 0 Å². The summed E-state index contributed by atoms with van der Waals surface area (Å²) in [5, 5.41) is 0. The molecular weight excluding hydrogens is 336 g/mol. The molecule has 4 rings (SSSR count). The number of aryl methyl sites for hydroxylation is 1. The van der Waals surface area contributed by atoms with Gasteiger partial charge in [-0.1, -0.05) is 6.92 Å². The maximum atomic E-state index is 4.94. The van der Waals surface area contributed by atoms with Crippen LogP contribution in [0.4, 0.5) is 5.82 Å². The quantitative estimate of drug-likeness (QED) is 0.828. The maximum Gasteiger partial charge on any atom is 0.163 e. The molecule has 2 aliphatic heterocycles. The molecule has 0 amide bonds. The van der Waals surface area contributed by atoms with Crippen molar-refractivity contribution >= 4 is 5.82 Å². The predicted octanol–water partition coefficient (Wildman–Crippen LogP) is 2.37. The molecule has 27 heavy (non-hydrogen) atoms. The molecule has 0 aliphatic carbocycles. The van der Waals surface area contributed by atoms with Gasteiger partial charge in [-0.2, -0.15) is 0 Å². The molecule has 0 bridgehead atoms. The summed E-state index contributed by atoms with van der Waals surface area (Å²) in [6.07, 6.45) is 4.85. The SMILES string of the molecule is CCN1CCN(C2CCN(c3nc(-c4cccnc4)nc(C)c3C)C2)CC1. The second-order valence-corrected chi connectivity index (χ2v) is 7.68. The van der Waals surface area contributed by atoms with Gasteiger partial charge in [0.2, 0.25) is 0 Å². The first-order valence-corrected chi connectivity index (χ1v) is 10.1. The van der Waals surface area contributed by atoms with Gasteiger partial charge in [-0.15, -0.1) is 0 Å². The summed E-state index contributed by atoms with van der Waals surface area (Å²) in [6, 6.07) is 4.61. The largest absolute Gasteiger partial charge is 0.355 e. The van der Waals surface area contributed by atoms with E-state index in [2.05, 4.69) is 40.5 Å². The zero-order valence-corrected chi connectivity index (χ0v) is 16.7. The normalized spacial score (nSPS) is 21.7. The lowest BCUT2D eigenvalue weighted by Gasteiger charge is -2.37. The summed E-state index contributed by atoms with van der Waals surface area (Å²) >= 11 is 0. The molecule has 1 atom stereocenters. The van der Waals surface area contributed by atoms with Crippen LogP contribution < -0.4 is 4.90 Å². The van der Waals surface area contributed by atoms with Gasteiger partial charge in [0.15, 0.2) is 5.82 Å². The molecule has 4 heterocycles. The number of aromatic nitrogens is 3. The Morgan fingerprint density at radius 2 is 1.89 bits per heavy atom. The molecule has 6 nitrogen and oxygen atoms in total. The smallest absolute Gasteiger partial charge is 0.163 e. The van der Waals surface area contributed by atoms with Crippen LogP contribution in [0.5, 0.6) is 0 Å². The van der Waals surface area contributed by atoms with E-state index in [1.54, 1.807) is 6.20 Å². The molecule has 6 heteroatoms. The molecule has 2 saturated heterocycles. The van der Waals surface area contributed by atoms with Crippen molar-refractivity contribution in [1.29, 1.82) is 0 Å². The Bertz CT molecular complexity index is 770. The lowest BCUT2D eigenvalue weighted by atomic mass is 10.2. The van der Waals surface area contributed by atoms with Gasteiger partial charge in [0, 0.05) is 74.5 Å². The Morgan fingerprint density at radius 3 is 2.59 bits per heavy atom. The highest BCUT2D eigenvalue weighted by Crippen LogP contribution is 2.28. The van der Waals surface area contributed by atoms with Gasteiger partial charge in [-0.3, -0.25) is 9.88 Å². The summed E-state index contributed by atoms with van der Waals surface area (Å²) in [7, 11) is 0. The third-order valence-electron chi connectivity index (χ3n) is 6.12. The second-order valence-electron chi connectivity index (χ2n) is 7.68. The number of rotatable bonds is 4. The monoisotopic (exact) mass is 366 g/mol. The van der Waals surface area contributed by atoms with Gasteiger partial charge in [-0.05, 0) is 38.9 Å². The third-order valence-corrected chi connectivity index (χ3v) is 6.12. The van der Waals surface area contributed by atoms with Crippen LogP contribution in [0.1, 0.15) is 24.6 Å². The van der Waals surface area contributed by atoms with Gasteiger partial charge in [-0.25, -0.2) is 9.97 Å². The lowest BCUT2D eigenvalue weighted by molar-refractivity contribution is 0.107. The average molecular weight is 367 g/mol. The highest BCUT2D eigenvalue weighted by molar-refractivity contribution is 5.59. The Kier molecular flexibility index (Phi) is 5.36. The van der Waals surface area contributed by atoms with Gasteiger partial charge < -0.3 is 9.80 Å². The Morgan fingerprint density at radius 1 is 1.07 bits per heavy atom. The molecule has 2 aliphatic rings. The molecule has 0 aromatic carbocycles. The molecular formula is C21H30N6. The summed E-state index contributed by atoms with van der Waals surface area (Å²) in [6.45, 7) is 14.6. The van der Waals surface area contributed by atoms with Crippen molar-refractivity contribution in [2.24, 2.45) is 0 Å². The molecule has 2 aromatic heterocycles. The van der Waals surface area contributed by atoms with Crippen molar-refractivity contribution in [3.8, 4) is 11.4 Å². The van der Waals surface area contributed by atoms with Crippen LogP contribution in [0.15, 0.2) is 24.5 Å². The summed E-state index contributed by atoms with van der Waals surface area (Å²) < 4.78 is 0. The van der Waals surface area contributed by atoms with E-state index in [9.17, 15) is 0 Å². The van der Waals surface area contributed by atoms with E-state index in [4.69, 9.17) is 9.97 Å². The van der Waals surface area contributed by atoms with Gasteiger partial charge >= 0.3 is 0 Å². The number of anilines is 1. The maximum absolute atomic E-state index is 4.94. The first kappa shape index (κ1) is 18.3. The first-order valence-electron chi connectivity index (χ1n) is 10.1. The number of likely N-dealkylation sites (N-methyl/N-ethyl adjacent to an activating group) is 1. The summed E-state index contributed by atoms with van der Waals surface area (Å²) in [5.74, 6) is 1.87. The summed E-state index contributed by atoms with van der Waals surface area (Å²) in [5.41, 5.74) is 3.23. The summed E-state index contributed by atoms with van der Waals surface area (Å²) in [4.78, 5) is 21.5. The molecule has 0 N–H and O–H groups in total. The van der Waals surface area contributed by atoms with E-state index in [-0.39, 0.29) is 0 Å². The lowest BCUT2D eigenvalue weighted by Crippen LogP contribution is -2.50. The zero-order chi connectivity index (χ0) is 18.8. The van der Waals surface area contributed by atoms with Crippen LogP contribution >= 0.6 is 0 Å².